The normalized spacial score (nSPS) is 9.60. The molecule has 9 heteroatoms. The molecule has 0 aliphatic rings. The fraction of sp³-hybridized carbons (Fsp3) is 0. The SMILES string of the molecule is Nn1nnn([N+](=O)[O-])c1=O. The van der Waals surface area contributed by atoms with Crippen LogP contribution in [0.4, 0.5) is 0 Å². The first-order valence-corrected chi connectivity index (χ1v) is 2.07. The van der Waals surface area contributed by atoms with Crippen LogP contribution in [0.5, 0.6) is 0 Å². The smallest absolute Gasteiger partial charge is 0.339 e. The van der Waals surface area contributed by atoms with Crippen LogP contribution in [0.1, 0.15) is 0 Å². The molecule has 1 aromatic rings. The van der Waals surface area contributed by atoms with E-state index in [1.54, 1.807) is 0 Å². The Morgan fingerprint density at radius 2 is 2.20 bits per heavy atom. The average Bonchev–Trinajstić information content (AvgIpc) is 2.14. The predicted octanol–water partition coefficient (Wildman–Crippen LogP) is -2.81. The Morgan fingerprint density at radius 1 is 1.60 bits per heavy atom. The Bertz CT molecular complexity index is 307. The molecular formula is CH2N6O3. The highest BCUT2D eigenvalue weighted by Gasteiger charge is 2.12. The number of tetrazole rings is 1. The van der Waals surface area contributed by atoms with E-state index in [1.807, 2.05) is 0 Å². The van der Waals surface area contributed by atoms with Crippen molar-refractivity contribution in [1.82, 2.24) is 20.0 Å². The number of nitrogens with two attached hydrogens (primary N) is 1. The van der Waals surface area contributed by atoms with Crippen LogP contribution in [0.25, 0.3) is 0 Å². The molecule has 0 aromatic carbocycles. The molecule has 54 valence electrons. The maximum Gasteiger partial charge on any atom is 0.449 e. The van der Waals surface area contributed by atoms with Gasteiger partial charge in [0.05, 0.1) is 5.03 Å². The summed E-state index contributed by atoms with van der Waals surface area (Å²) in [6, 6.07) is 0. The van der Waals surface area contributed by atoms with Crippen molar-refractivity contribution >= 4 is 0 Å². The van der Waals surface area contributed by atoms with Gasteiger partial charge in [0, 0.05) is 0 Å². The lowest BCUT2D eigenvalue weighted by Gasteiger charge is -1.83. The Morgan fingerprint density at radius 3 is 2.40 bits per heavy atom. The molecule has 0 radical (unpaired) electrons. The van der Waals surface area contributed by atoms with Crippen LogP contribution < -0.4 is 11.5 Å². The molecule has 0 bridgehead atoms. The molecule has 0 unspecified atom stereocenters. The lowest BCUT2D eigenvalue weighted by atomic mass is 11.3. The first-order chi connectivity index (χ1) is 4.63. The van der Waals surface area contributed by atoms with E-state index in [1.165, 1.54) is 0 Å². The van der Waals surface area contributed by atoms with Crippen molar-refractivity contribution in [1.29, 1.82) is 0 Å². The van der Waals surface area contributed by atoms with Gasteiger partial charge >= 0.3 is 5.69 Å². The lowest BCUT2D eigenvalue weighted by Crippen LogP contribution is -2.33. The lowest BCUT2D eigenvalue weighted by molar-refractivity contribution is -0.556. The Labute approximate surface area is 52.7 Å². The Kier molecular flexibility index (Phi) is 1.11. The van der Waals surface area contributed by atoms with Crippen LogP contribution >= 0.6 is 0 Å². The van der Waals surface area contributed by atoms with Crippen LogP contribution in [0.15, 0.2) is 4.79 Å². The van der Waals surface area contributed by atoms with Gasteiger partial charge in [0.25, 0.3) is 0 Å². The third kappa shape index (κ3) is 0.687. The largest absolute Gasteiger partial charge is 0.449 e. The minimum atomic E-state index is -1.09. The van der Waals surface area contributed by atoms with Gasteiger partial charge < -0.3 is 16.0 Å². The number of rotatable bonds is 1. The maximum absolute atomic E-state index is 10.4. The summed E-state index contributed by atoms with van der Waals surface area (Å²) in [4.78, 5) is 20.5. The van der Waals surface area contributed by atoms with Crippen LogP contribution in [0.3, 0.4) is 0 Å². The van der Waals surface area contributed by atoms with Gasteiger partial charge in [-0.2, -0.15) is 0 Å². The Hall–Kier alpha value is -1.93. The second kappa shape index (κ2) is 1.79. The van der Waals surface area contributed by atoms with Gasteiger partial charge in [-0.05, 0) is 0 Å². The highest BCUT2D eigenvalue weighted by molar-refractivity contribution is 4.49. The first kappa shape index (κ1) is 6.19. The van der Waals surface area contributed by atoms with Gasteiger partial charge in [0.2, 0.25) is 5.21 Å². The zero-order valence-electron chi connectivity index (χ0n) is 4.54. The number of hydrogen-bond donors (Lipinski definition) is 1. The highest BCUT2D eigenvalue weighted by atomic mass is 16.7. The molecule has 2 N–H and O–H groups in total. The van der Waals surface area contributed by atoms with Crippen molar-refractivity contribution in [2.24, 2.45) is 0 Å². The van der Waals surface area contributed by atoms with Gasteiger partial charge in [0.1, 0.15) is 10.0 Å². The molecule has 10 heavy (non-hydrogen) atoms. The van der Waals surface area contributed by atoms with Crippen molar-refractivity contribution in [3.05, 3.63) is 20.6 Å². The third-order valence-electron chi connectivity index (χ3n) is 0.743. The van der Waals surface area contributed by atoms with Gasteiger partial charge in [-0.1, -0.05) is 4.79 Å². The zero-order chi connectivity index (χ0) is 7.72. The van der Waals surface area contributed by atoms with E-state index < -0.39 is 10.7 Å². The topological polar surface area (TPSA) is 122 Å². The van der Waals surface area contributed by atoms with Crippen molar-refractivity contribution in [2.45, 2.75) is 0 Å². The molecule has 1 rings (SSSR count). The van der Waals surface area contributed by atoms with Crippen LogP contribution in [-0.4, -0.2) is 25.0 Å². The number of aromatic nitrogens is 4. The molecule has 0 amide bonds. The van der Waals surface area contributed by atoms with Gasteiger partial charge in [-0.3, -0.25) is 0 Å². The van der Waals surface area contributed by atoms with Crippen molar-refractivity contribution in [3.8, 4) is 0 Å². The van der Waals surface area contributed by atoms with E-state index in [9.17, 15) is 14.9 Å². The number of nitrogen functional groups attached to an aromatic ring is 1. The van der Waals surface area contributed by atoms with Crippen molar-refractivity contribution in [2.75, 3.05) is 5.84 Å². The van der Waals surface area contributed by atoms with E-state index >= 15 is 0 Å². The molecule has 1 aromatic heterocycles. The standard InChI is InChI=1S/CH2N6O3/c2-5-1(8)6(4-3-5)7(9)10/h2H2. The van der Waals surface area contributed by atoms with E-state index in [4.69, 9.17) is 5.84 Å². The molecular weight excluding hydrogens is 144 g/mol. The fourth-order valence-electron chi connectivity index (χ4n) is 0.352. The van der Waals surface area contributed by atoms with Crippen molar-refractivity contribution in [3.63, 3.8) is 0 Å². The summed E-state index contributed by atoms with van der Waals surface area (Å²) in [5, 5.41) is 14.5. The third-order valence-corrected chi connectivity index (χ3v) is 0.743. The van der Waals surface area contributed by atoms with Crippen LogP contribution in [-0.2, 0) is 0 Å². The fourth-order valence-corrected chi connectivity index (χ4v) is 0.352. The van der Waals surface area contributed by atoms with E-state index in [0.717, 1.165) is 0 Å². The summed E-state index contributed by atoms with van der Waals surface area (Å²) >= 11 is 0. The number of nitro groups is 1. The summed E-state index contributed by atoms with van der Waals surface area (Å²) in [6.45, 7) is 0. The molecule has 0 fully saturated rings. The second-order valence-corrected chi connectivity index (χ2v) is 1.33. The second-order valence-electron chi connectivity index (χ2n) is 1.33. The quantitative estimate of drug-likeness (QED) is 0.259. The summed E-state index contributed by atoms with van der Waals surface area (Å²) in [6.07, 6.45) is 0. The molecule has 0 atom stereocenters. The minimum Gasteiger partial charge on any atom is -0.339 e. The molecule has 9 nitrogen and oxygen atoms in total. The highest BCUT2D eigenvalue weighted by Crippen LogP contribution is 1.64. The van der Waals surface area contributed by atoms with Gasteiger partial charge in [0.15, 0.2) is 0 Å². The predicted molar refractivity (Wildman–Crippen MR) is 26.8 cm³/mol. The van der Waals surface area contributed by atoms with Crippen LogP contribution in [0.2, 0.25) is 0 Å². The van der Waals surface area contributed by atoms with Crippen molar-refractivity contribution < 1.29 is 5.03 Å². The van der Waals surface area contributed by atoms with Crippen LogP contribution in [0, 0.1) is 10.1 Å². The maximum atomic E-state index is 10.4. The summed E-state index contributed by atoms with van der Waals surface area (Å²) < 4.78 is 0. The van der Waals surface area contributed by atoms with E-state index in [0.29, 0.717) is 0 Å². The van der Waals surface area contributed by atoms with Gasteiger partial charge in [-0.15, -0.1) is 0 Å². The van der Waals surface area contributed by atoms with E-state index in [2.05, 4.69) is 10.4 Å². The first-order valence-electron chi connectivity index (χ1n) is 2.07. The molecule has 0 spiro atoms. The summed E-state index contributed by atoms with van der Waals surface area (Å²) in [5.41, 5.74) is -1.09. The Balaban J connectivity index is 3.32. The monoisotopic (exact) mass is 146 g/mol. The molecule has 1 heterocycles. The molecule has 0 aliphatic carbocycles. The average molecular weight is 146 g/mol. The summed E-state index contributed by atoms with van der Waals surface area (Å²) in [5.74, 6) is 4.78. The molecule has 0 saturated heterocycles. The number of hydrogen-bond acceptors (Lipinski definition) is 6. The molecule has 0 saturated carbocycles. The molecule has 0 aliphatic heterocycles. The minimum absolute atomic E-state index is 0.0694. The zero-order valence-corrected chi connectivity index (χ0v) is 4.54. The number of nitrogens with zero attached hydrogens (tertiary/aromatic N) is 5. The van der Waals surface area contributed by atoms with E-state index in [-0.39, 0.29) is 9.58 Å². The van der Waals surface area contributed by atoms with Gasteiger partial charge in [-0.25, -0.2) is 4.79 Å². The summed E-state index contributed by atoms with van der Waals surface area (Å²) in [7, 11) is 0.